The van der Waals surface area contributed by atoms with Crippen molar-refractivity contribution in [2.24, 2.45) is 0 Å². The zero-order valence-electron chi connectivity index (χ0n) is 13.8. The largest absolute Gasteiger partial charge is 0.360 e. The number of carbonyl (C=O) groups excluding carboxylic acids is 1. The quantitative estimate of drug-likeness (QED) is 0.527. The Morgan fingerprint density at radius 3 is 3.08 bits per heavy atom. The Kier molecular flexibility index (Phi) is 3.72. The molecule has 4 heterocycles. The van der Waals surface area contributed by atoms with Crippen LogP contribution in [0.15, 0.2) is 39.5 Å². The van der Waals surface area contributed by atoms with Crippen LogP contribution < -0.4 is 5.56 Å². The van der Waals surface area contributed by atoms with E-state index in [0.717, 1.165) is 39.9 Å². The highest BCUT2D eigenvalue weighted by atomic mass is 32.2. The number of benzene rings is 1. The van der Waals surface area contributed by atoms with Gasteiger partial charge in [0.15, 0.2) is 5.78 Å². The van der Waals surface area contributed by atoms with Crippen LogP contribution in [-0.2, 0) is 12.8 Å². The second-order valence-corrected chi connectivity index (χ2v) is 8.72. The number of carbonyl (C=O) groups is 1. The molecule has 0 saturated carbocycles. The molecule has 0 saturated heterocycles. The number of thiophene rings is 1. The Balaban J connectivity index is 1.53. The van der Waals surface area contributed by atoms with Crippen LogP contribution in [0, 0.1) is 0 Å². The van der Waals surface area contributed by atoms with Gasteiger partial charge in [-0.25, -0.2) is 4.98 Å². The predicted molar refractivity (Wildman–Crippen MR) is 106 cm³/mol. The van der Waals surface area contributed by atoms with Gasteiger partial charge < -0.3 is 9.97 Å². The Morgan fingerprint density at radius 2 is 2.15 bits per heavy atom. The number of ketones is 1. The van der Waals surface area contributed by atoms with Gasteiger partial charge in [0, 0.05) is 22.7 Å². The Morgan fingerprint density at radius 1 is 1.27 bits per heavy atom. The number of thioether (sulfide) groups is 1. The van der Waals surface area contributed by atoms with Crippen LogP contribution in [0.1, 0.15) is 28.2 Å². The van der Waals surface area contributed by atoms with E-state index in [-0.39, 0.29) is 17.8 Å². The van der Waals surface area contributed by atoms with Crippen LogP contribution in [0.5, 0.6) is 0 Å². The van der Waals surface area contributed by atoms with Gasteiger partial charge in [-0.05, 0) is 30.2 Å². The van der Waals surface area contributed by atoms with Crippen LogP contribution in [-0.4, -0.2) is 26.5 Å². The van der Waals surface area contributed by atoms with E-state index in [4.69, 9.17) is 0 Å². The van der Waals surface area contributed by atoms with E-state index in [2.05, 4.69) is 15.0 Å². The molecule has 5 nitrogen and oxygen atoms in total. The number of H-pyrrole nitrogens is 2. The predicted octanol–water partition coefficient (Wildman–Crippen LogP) is 3.93. The maximum absolute atomic E-state index is 12.7. The van der Waals surface area contributed by atoms with Crippen LogP contribution in [0.25, 0.3) is 21.1 Å². The Hall–Kier alpha value is -2.38. The zero-order valence-corrected chi connectivity index (χ0v) is 15.4. The molecule has 1 aliphatic rings. The van der Waals surface area contributed by atoms with E-state index >= 15 is 0 Å². The van der Waals surface area contributed by atoms with Crippen molar-refractivity contribution in [2.45, 2.75) is 23.5 Å². The minimum atomic E-state index is -0.128. The first-order valence-corrected chi connectivity index (χ1v) is 10.3. The molecule has 26 heavy (non-hydrogen) atoms. The maximum Gasteiger partial charge on any atom is 0.259 e. The minimum Gasteiger partial charge on any atom is -0.360 e. The molecule has 7 heteroatoms. The summed E-state index contributed by atoms with van der Waals surface area (Å²) < 4.78 is 1.20. The van der Waals surface area contributed by atoms with E-state index in [1.165, 1.54) is 4.21 Å². The van der Waals surface area contributed by atoms with Crippen molar-refractivity contribution in [2.75, 3.05) is 5.75 Å². The third-order valence-electron chi connectivity index (χ3n) is 4.69. The van der Waals surface area contributed by atoms with Crippen molar-refractivity contribution in [3.63, 3.8) is 0 Å². The average molecular weight is 381 g/mol. The lowest BCUT2D eigenvalue weighted by atomic mass is 10.1. The lowest BCUT2D eigenvalue weighted by molar-refractivity contribution is 0.0992. The summed E-state index contributed by atoms with van der Waals surface area (Å²) in [4.78, 5) is 36.6. The fraction of sp³-hybridized carbons (Fsp3) is 0.211. The number of hydrogen-bond donors (Lipinski definition) is 2. The fourth-order valence-electron chi connectivity index (χ4n) is 3.48. The molecule has 5 rings (SSSR count). The van der Waals surface area contributed by atoms with Crippen molar-refractivity contribution in [3.8, 4) is 0 Å². The summed E-state index contributed by atoms with van der Waals surface area (Å²) in [5.41, 5.74) is 2.56. The maximum atomic E-state index is 12.7. The summed E-state index contributed by atoms with van der Waals surface area (Å²) in [6, 6.07) is 7.69. The molecular weight excluding hydrogens is 366 g/mol. The molecule has 3 aromatic heterocycles. The van der Waals surface area contributed by atoms with Gasteiger partial charge in [-0.15, -0.1) is 23.1 Å². The fourth-order valence-corrected chi connectivity index (χ4v) is 6.03. The summed E-state index contributed by atoms with van der Waals surface area (Å²) in [6.45, 7) is 0. The third kappa shape index (κ3) is 2.50. The monoisotopic (exact) mass is 381 g/mol. The highest BCUT2D eigenvalue weighted by molar-refractivity contribution is 8.01. The van der Waals surface area contributed by atoms with Crippen molar-refractivity contribution in [1.29, 1.82) is 0 Å². The first kappa shape index (κ1) is 15.8. The molecule has 1 aliphatic heterocycles. The number of fused-ring (bicyclic) bond motifs is 4. The Labute approximate surface area is 156 Å². The van der Waals surface area contributed by atoms with Gasteiger partial charge in [-0.1, -0.05) is 18.2 Å². The minimum absolute atomic E-state index is 0.0550. The number of aromatic amines is 2. The smallest absolute Gasteiger partial charge is 0.259 e. The number of rotatable bonds is 3. The number of para-hydroxylation sites is 1. The number of nitrogens with one attached hydrogen (secondary N) is 2. The molecule has 0 unspecified atom stereocenters. The van der Waals surface area contributed by atoms with Gasteiger partial charge in [0.05, 0.1) is 16.0 Å². The number of aryl methyl sites for hydroxylation is 1. The molecule has 0 spiro atoms. The van der Waals surface area contributed by atoms with Crippen LogP contribution >= 0.6 is 23.1 Å². The normalized spacial score (nSPS) is 14.0. The van der Waals surface area contributed by atoms with Crippen molar-refractivity contribution < 1.29 is 4.79 Å². The second-order valence-electron chi connectivity index (χ2n) is 6.36. The summed E-state index contributed by atoms with van der Waals surface area (Å²) >= 11 is 3.37. The molecule has 0 atom stereocenters. The third-order valence-corrected chi connectivity index (χ3v) is 7.22. The van der Waals surface area contributed by atoms with Gasteiger partial charge in [-0.2, -0.15) is 0 Å². The topological polar surface area (TPSA) is 78.6 Å². The second kappa shape index (κ2) is 6.10. The molecular formula is C19H15N3O2S2. The lowest BCUT2D eigenvalue weighted by Crippen LogP contribution is -2.15. The molecule has 0 radical (unpaired) electrons. The summed E-state index contributed by atoms with van der Waals surface area (Å²) in [5.74, 6) is 1.46. The summed E-state index contributed by atoms with van der Waals surface area (Å²) in [5, 5.41) is 1.60. The first-order chi connectivity index (χ1) is 12.7. The van der Waals surface area contributed by atoms with Gasteiger partial charge in [-0.3, -0.25) is 9.59 Å². The van der Waals surface area contributed by atoms with Gasteiger partial charge in [0.25, 0.3) is 5.56 Å². The van der Waals surface area contributed by atoms with Crippen LogP contribution in [0.2, 0.25) is 0 Å². The van der Waals surface area contributed by atoms with Crippen molar-refractivity contribution in [3.05, 3.63) is 57.8 Å². The summed E-state index contributed by atoms with van der Waals surface area (Å²) in [7, 11) is 0. The standard InChI is InChI=1S/C19H15N3O2S2/c23-14(12-9-20-13-6-2-1-4-10(12)13)8-15-21-17(24)16-11-5-3-7-25-19(11)26-18(16)22-15/h1-2,4,6,9,20H,3,5,7-8H2,(H,21,22,24). The van der Waals surface area contributed by atoms with Crippen molar-refractivity contribution >= 4 is 50.0 Å². The molecule has 0 amide bonds. The zero-order chi connectivity index (χ0) is 17.7. The molecule has 4 aromatic rings. The van der Waals surface area contributed by atoms with Crippen molar-refractivity contribution in [1.82, 2.24) is 15.0 Å². The number of hydrogen-bond acceptors (Lipinski definition) is 5. The molecule has 0 aliphatic carbocycles. The molecule has 0 fully saturated rings. The molecule has 0 bridgehead atoms. The van der Waals surface area contributed by atoms with E-state index < -0.39 is 0 Å². The highest BCUT2D eigenvalue weighted by Gasteiger charge is 2.21. The molecule has 130 valence electrons. The molecule has 1 aromatic carbocycles. The van der Waals surface area contributed by atoms with Crippen LogP contribution in [0.3, 0.4) is 0 Å². The number of aromatic nitrogens is 3. The number of Topliss-reactive ketones (excluding diaryl/α,β-unsaturated/α-hetero) is 1. The van der Waals surface area contributed by atoms with E-state index in [9.17, 15) is 9.59 Å². The van der Waals surface area contributed by atoms with E-state index in [1.807, 2.05) is 24.3 Å². The highest BCUT2D eigenvalue weighted by Crippen LogP contribution is 2.40. The first-order valence-electron chi connectivity index (χ1n) is 8.47. The SMILES string of the molecule is O=C(Cc1nc2sc3c(c2c(=O)[nH]1)CCCS3)c1c[nH]c2ccccc12. The van der Waals surface area contributed by atoms with Gasteiger partial charge in [0.1, 0.15) is 10.7 Å². The van der Waals surface area contributed by atoms with E-state index in [0.29, 0.717) is 16.8 Å². The van der Waals surface area contributed by atoms with Crippen LogP contribution in [0.4, 0.5) is 0 Å². The average Bonchev–Trinajstić information content (AvgIpc) is 3.23. The molecule has 2 N–H and O–H groups in total. The van der Waals surface area contributed by atoms with Gasteiger partial charge >= 0.3 is 0 Å². The van der Waals surface area contributed by atoms with Gasteiger partial charge in [0.2, 0.25) is 0 Å². The Bertz CT molecular complexity index is 1220. The summed E-state index contributed by atoms with van der Waals surface area (Å²) in [6.07, 6.45) is 3.83. The van der Waals surface area contributed by atoms with E-state index in [1.54, 1.807) is 29.3 Å². The lowest BCUT2D eigenvalue weighted by Gasteiger charge is -2.09. The number of nitrogens with zero attached hydrogens (tertiary/aromatic N) is 1.